The third kappa shape index (κ3) is 4.46. The summed E-state index contributed by atoms with van der Waals surface area (Å²) in [6.45, 7) is 2.59. The van der Waals surface area contributed by atoms with E-state index in [0.29, 0.717) is 28.7 Å². The second-order valence-corrected chi connectivity index (χ2v) is 8.40. The van der Waals surface area contributed by atoms with E-state index < -0.39 is 10.0 Å². The first-order chi connectivity index (χ1) is 13.3. The van der Waals surface area contributed by atoms with Crippen molar-refractivity contribution in [2.45, 2.75) is 23.5 Å². The second kappa shape index (κ2) is 8.21. The Labute approximate surface area is 167 Å². The number of aromatic nitrogens is 2. The zero-order chi connectivity index (χ0) is 20.3. The van der Waals surface area contributed by atoms with Crippen molar-refractivity contribution < 1.29 is 17.9 Å². The summed E-state index contributed by atoms with van der Waals surface area (Å²) in [7, 11) is -2.22. The Kier molecular flexibility index (Phi) is 5.92. The molecule has 0 spiro atoms. The number of aryl methyl sites for hydroxylation is 1. The third-order valence-electron chi connectivity index (χ3n) is 4.04. The number of anilines is 1. The molecule has 10 heteroatoms. The lowest BCUT2D eigenvalue weighted by Gasteiger charge is -2.07. The molecule has 2 aromatic carbocycles. The molecular weight excluding hydrogens is 400 g/mol. The monoisotopic (exact) mass is 420 g/mol. The van der Waals surface area contributed by atoms with E-state index in [1.165, 1.54) is 23.9 Å². The number of carbonyl (C=O) groups excluding carboxylic acids is 1. The predicted octanol–water partition coefficient (Wildman–Crippen LogP) is 2.44. The molecular formula is C18H20N4O4S2. The zero-order valence-electron chi connectivity index (χ0n) is 15.4. The molecule has 0 fully saturated rings. The number of amides is 1. The Balaban J connectivity index is 1.74. The molecule has 8 nitrogen and oxygen atoms in total. The van der Waals surface area contributed by atoms with E-state index >= 15 is 0 Å². The van der Waals surface area contributed by atoms with E-state index in [4.69, 9.17) is 9.88 Å². The van der Waals surface area contributed by atoms with Crippen molar-refractivity contribution >= 4 is 44.4 Å². The molecule has 3 N–H and O–H groups in total. The summed E-state index contributed by atoms with van der Waals surface area (Å²) in [6, 6.07) is 11.6. The van der Waals surface area contributed by atoms with Crippen molar-refractivity contribution in [2.24, 2.45) is 5.14 Å². The number of benzene rings is 2. The van der Waals surface area contributed by atoms with Gasteiger partial charge in [-0.2, -0.15) is 0 Å². The number of nitrogens with two attached hydrogens (primary N) is 1. The number of nitrogens with zero attached hydrogens (tertiary/aromatic N) is 2. The number of carbonyl (C=O) groups is 1. The standard InChI is InChI=1S/C18H20N4O4S2/c1-3-22-16-9-8-14(28(19,24)25)10-15(16)21-18(22)27-11-17(23)20-12-4-6-13(26-2)7-5-12/h4-10H,3,11H2,1-2H3,(H,20,23)(H2,19,24,25). The van der Waals surface area contributed by atoms with Gasteiger partial charge in [-0.1, -0.05) is 11.8 Å². The van der Waals surface area contributed by atoms with Crippen LogP contribution in [0.3, 0.4) is 0 Å². The highest BCUT2D eigenvalue weighted by Crippen LogP contribution is 2.26. The minimum absolute atomic E-state index is 0.00884. The summed E-state index contributed by atoms with van der Waals surface area (Å²) < 4.78 is 30.1. The molecule has 0 aliphatic heterocycles. The van der Waals surface area contributed by atoms with E-state index in [-0.39, 0.29) is 16.6 Å². The maximum Gasteiger partial charge on any atom is 0.238 e. The largest absolute Gasteiger partial charge is 0.497 e. The highest BCUT2D eigenvalue weighted by molar-refractivity contribution is 7.99. The number of ether oxygens (including phenoxy) is 1. The van der Waals surface area contributed by atoms with Crippen molar-refractivity contribution in [2.75, 3.05) is 18.2 Å². The molecule has 0 atom stereocenters. The van der Waals surface area contributed by atoms with Gasteiger partial charge in [0, 0.05) is 12.2 Å². The fraction of sp³-hybridized carbons (Fsp3) is 0.222. The van der Waals surface area contributed by atoms with Crippen LogP contribution in [0, 0.1) is 0 Å². The van der Waals surface area contributed by atoms with Crippen LogP contribution in [-0.2, 0) is 21.4 Å². The summed E-state index contributed by atoms with van der Waals surface area (Å²) in [4.78, 5) is 16.7. The first-order valence-corrected chi connectivity index (χ1v) is 10.9. The lowest BCUT2D eigenvalue weighted by molar-refractivity contribution is -0.113. The molecule has 0 bridgehead atoms. The lowest BCUT2D eigenvalue weighted by Crippen LogP contribution is -2.14. The van der Waals surface area contributed by atoms with Gasteiger partial charge in [-0.05, 0) is 49.4 Å². The summed E-state index contributed by atoms with van der Waals surface area (Å²) >= 11 is 1.28. The molecule has 1 aromatic heterocycles. The van der Waals surface area contributed by atoms with Gasteiger partial charge in [0.2, 0.25) is 15.9 Å². The second-order valence-electron chi connectivity index (χ2n) is 5.90. The van der Waals surface area contributed by atoms with Crippen molar-refractivity contribution in [3.63, 3.8) is 0 Å². The van der Waals surface area contributed by atoms with Crippen LogP contribution < -0.4 is 15.2 Å². The number of hydrogen-bond acceptors (Lipinski definition) is 6. The van der Waals surface area contributed by atoms with Crippen LogP contribution >= 0.6 is 11.8 Å². The van der Waals surface area contributed by atoms with E-state index in [1.54, 1.807) is 37.4 Å². The van der Waals surface area contributed by atoms with Gasteiger partial charge in [-0.15, -0.1) is 0 Å². The van der Waals surface area contributed by atoms with E-state index in [0.717, 1.165) is 5.52 Å². The lowest BCUT2D eigenvalue weighted by atomic mass is 10.3. The summed E-state index contributed by atoms with van der Waals surface area (Å²) in [5.41, 5.74) is 1.98. The van der Waals surface area contributed by atoms with Crippen molar-refractivity contribution in [3.8, 4) is 5.75 Å². The predicted molar refractivity (Wildman–Crippen MR) is 109 cm³/mol. The Morgan fingerprint density at radius 2 is 1.96 bits per heavy atom. The molecule has 0 radical (unpaired) electrons. The van der Waals surface area contributed by atoms with Crippen molar-refractivity contribution in [3.05, 3.63) is 42.5 Å². The Bertz CT molecular complexity index is 1110. The van der Waals surface area contributed by atoms with Crippen LogP contribution in [0.1, 0.15) is 6.92 Å². The molecule has 3 aromatic rings. The number of fused-ring (bicyclic) bond motifs is 1. The minimum Gasteiger partial charge on any atom is -0.497 e. The van der Waals surface area contributed by atoms with Gasteiger partial charge < -0.3 is 14.6 Å². The maximum absolute atomic E-state index is 12.2. The van der Waals surface area contributed by atoms with Gasteiger partial charge in [0.05, 0.1) is 28.8 Å². The summed E-state index contributed by atoms with van der Waals surface area (Å²) in [5.74, 6) is 0.704. The van der Waals surface area contributed by atoms with Gasteiger partial charge in [0.15, 0.2) is 5.16 Å². The number of nitrogens with one attached hydrogen (secondary N) is 1. The molecule has 1 amide bonds. The SMILES string of the molecule is CCn1c(SCC(=O)Nc2ccc(OC)cc2)nc2cc(S(N)(=O)=O)ccc21. The molecule has 1 heterocycles. The van der Waals surface area contributed by atoms with Gasteiger partial charge in [-0.25, -0.2) is 18.5 Å². The Hall–Kier alpha value is -2.56. The number of rotatable bonds is 7. The maximum atomic E-state index is 12.2. The molecule has 28 heavy (non-hydrogen) atoms. The average Bonchev–Trinajstić information content (AvgIpc) is 3.03. The number of sulfonamides is 1. The molecule has 0 saturated heterocycles. The van der Waals surface area contributed by atoms with Crippen LogP contribution in [0.25, 0.3) is 11.0 Å². The average molecular weight is 421 g/mol. The van der Waals surface area contributed by atoms with Crippen LogP contribution in [0.4, 0.5) is 5.69 Å². The van der Waals surface area contributed by atoms with E-state index in [9.17, 15) is 13.2 Å². The van der Waals surface area contributed by atoms with Crippen molar-refractivity contribution in [1.82, 2.24) is 9.55 Å². The molecule has 3 rings (SSSR count). The van der Waals surface area contributed by atoms with Gasteiger partial charge in [-0.3, -0.25) is 4.79 Å². The van der Waals surface area contributed by atoms with Gasteiger partial charge in [0.1, 0.15) is 5.75 Å². The van der Waals surface area contributed by atoms with E-state index in [2.05, 4.69) is 10.3 Å². The van der Waals surface area contributed by atoms with Gasteiger partial charge >= 0.3 is 0 Å². The van der Waals surface area contributed by atoms with Crippen LogP contribution in [0.15, 0.2) is 52.5 Å². The highest BCUT2D eigenvalue weighted by atomic mass is 32.2. The molecule has 148 valence electrons. The zero-order valence-corrected chi connectivity index (χ0v) is 17.0. The molecule has 0 aliphatic rings. The number of hydrogen-bond donors (Lipinski definition) is 2. The number of thioether (sulfide) groups is 1. The van der Waals surface area contributed by atoms with Gasteiger partial charge in [0.25, 0.3) is 0 Å². The number of methoxy groups -OCH3 is 1. The quantitative estimate of drug-likeness (QED) is 0.567. The Morgan fingerprint density at radius 1 is 1.25 bits per heavy atom. The van der Waals surface area contributed by atoms with Crippen molar-refractivity contribution in [1.29, 1.82) is 0 Å². The molecule has 0 unspecified atom stereocenters. The summed E-state index contributed by atoms with van der Waals surface area (Å²) in [5, 5.41) is 8.64. The van der Waals surface area contributed by atoms with Crippen LogP contribution in [0.2, 0.25) is 0 Å². The van der Waals surface area contributed by atoms with E-state index in [1.807, 2.05) is 11.5 Å². The Morgan fingerprint density at radius 3 is 2.57 bits per heavy atom. The topological polar surface area (TPSA) is 116 Å². The minimum atomic E-state index is -3.80. The summed E-state index contributed by atoms with van der Waals surface area (Å²) in [6.07, 6.45) is 0. The number of imidazole rings is 1. The normalized spacial score (nSPS) is 11.5. The fourth-order valence-corrected chi connectivity index (χ4v) is 4.09. The number of primary sulfonamides is 1. The smallest absolute Gasteiger partial charge is 0.238 e. The molecule has 0 saturated carbocycles. The first-order valence-electron chi connectivity index (χ1n) is 8.41. The first kappa shape index (κ1) is 20.2. The van der Waals surface area contributed by atoms with Crippen LogP contribution in [0.5, 0.6) is 5.75 Å². The van der Waals surface area contributed by atoms with Crippen LogP contribution in [-0.4, -0.2) is 36.7 Å². The fourth-order valence-electron chi connectivity index (χ4n) is 2.68. The highest BCUT2D eigenvalue weighted by Gasteiger charge is 2.15. The molecule has 0 aliphatic carbocycles. The third-order valence-corrected chi connectivity index (χ3v) is 5.92.